The summed E-state index contributed by atoms with van der Waals surface area (Å²) >= 11 is 0. The van der Waals surface area contributed by atoms with Crippen LogP contribution in [0.25, 0.3) is 33.1 Å². The number of H-pyrrole nitrogens is 1. The fourth-order valence-corrected chi connectivity index (χ4v) is 3.96. The number of aryl methyl sites for hydroxylation is 1. The smallest absolute Gasteiger partial charge is 0.327 e. The van der Waals surface area contributed by atoms with Crippen LogP contribution in [0.4, 0.5) is 0 Å². The van der Waals surface area contributed by atoms with Gasteiger partial charge in [-0.05, 0) is 37.1 Å². The quantitative estimate of drug-likeness (QED) is 0.464. The molecule has 0 unspecified atom stereocenters. The van der Waals surface area contributed by atoms with Crippen LogP contribution in [0.3, 0.4) is 0 Å². The van der Waals surface area contributed by atoms with E-state index in [2.05, 4.69) is 27.0 Å². The first-order valence-corrected chi connectivity index (χ1v) is 10.1. The summed E-state index contributed by atoms with van der Waals surface area (Å²) < 4.78 is 12.4. The number of ether oxygens (including phenoxy) is 1. The first kappa shape index (κ1) is 19.0. The number of fused-ring (bicyclic) bond motifs is 3. The molecule has 0 saturated heterocycles. The van der Waals surface area contributed by atoms with E-state index in [0.717, 1.165) is 45.2 Å². The van der Waals surface area contributed by atoms with Crippen molar-refractivity contribution >= 4 is 21.9 Å². The number of hydrogen-bond donors (Lipinski definition) is 1. The SMILES string of the molecule is CCc1ccc([C@@H](C)n2c(=O)[nH]c3cnc4cc(-c5cnoc5)c(OC)cc4c32)nc1. The van der Waals surface area contributed by atoms with E-state index in [1.807, 2.05) is 37.4 Å². The Hall–Kier alpha value is -3.94. The van der Waals surface area contributed by atoms with Crippen molar-refractivity contribution in [3.8, 4) is 16.9 Å². The fourth-order valence-electron chi connectivity index (χ4n) is 3.96. The van der Waals surface area contributed by atoms with Gasteiger partial charge in [-0.15, -0.1) is 0 Å². The standard InChI is InChI=1S/C23H21N5O3/c1-4-14-5-6-18(24-9-14)13(2)28-22-17-8-21(30-3)16(15-10-26-31-12-15)7-19(17)25-11-20(22)27-23(28)29/h5-13H,4H2,1-3H3,(H,27,29)/t13-/m1/s1. The average molecular weight is 415 g/mol. The minimum absolute atomic E-state index is 0.208. The van der Waals surface area contributed by atoms with Gasteiger partial charge in [-0.3, -0.25) is 14.5 Å². The van der Waals surface area contributed by atoms with E-state index in [1.54, 1.807) is 30.3 Å². The van der Waals surface area contributed by atoms with Crippen LogP contribution in [0.15, 0.2) is 58.4 Å². The van der Waals surface area contributed by atoms with Crippen LogP contribution in [0.1, 0.15) is 31.1 Å². The van der Waals surface area contributed by atoms with Crippen molar-refractivity contribution in [2.24, 2.45) is 0 Å². The molecule has 8 nitrogen and oxygen atoms in total. The molecule has 4 heterocycles. The van der Waals surface area contributed by atoms with Gasteiger partial charge in [-0.2, -0.15) is 0 Å². The lowest BCUT2D eigenvalue weighted by atomic mass is 10.0. The van der Waals surface area contributed by atoms with Gasteiger partial charge in [-0.1, -0.05) is 18.1 Å². The summed E-state index contributed by atoms with van der Waals surface area (Å²) in [5.41, 5.74) is 5.53. The third kappa shape index (κ3) is 3.07. The highest BCUT2D eigenvalue weighted by Crippen LogP contribution is 2.36. The van der Waals surface area contributed by atoms with Crippen LogP contribution in [0, 0.1) is 0 Å². The molecule has 0 spiro atoms. The molecule has 8 heteroatoms. The maximum atomic E-state index is 12.9. The van der Waals surface area contributed by atoms with Gasteiger partial charge in [0.15, 0.2) is 0 Å². The van der Waals surface area contributed by atoms with Crippen LogP contribution in [-0.2, 0) is 6.42 Å². The predicted octanol–water partition coefficient (Wildman–Crippen LogP) is 4.11. The van der Waals surface area contributed by atoms with E-state index in [1.165, 1.54) is 0 Å². The lowest BCUT2D eigenvalue weighted by molar-refractivity contribution is 0.415. The number of imidazole rings is 1. The van der Waals surface area contributed by atoms with Crippen molar-refractivity contribution in [1.82, 2.24) is 24.7 Å². The number of aromatic nitrogens is 5. The van der Waals surface area contributed by atoms with Gasteiger partial charge < -0.3 is 14.2 Å². The first-order chi connectivity index (χ1) is 15.1. The summed E-state index contributed by atoms with van der Waals surface area (Å²) in [6, 6.07) is 7.58. The van der Waals surface area contributed by atoms with Gasteiger partial charge in [0, 0.05) is 22.7 Å². The maximum absolute atomic E-state index is 12.9. The molecule has 0 saturated carbocycles. The van der Waals surface area contributed by atoms with Crippen molar-refractivity contribution in [3.63, 3.8) is 0 Å². The van der Waals surface area contributed by atoms with E-state index in [0.29, 0.717) is 11.3 Å². The van der Waals surface area contributed by atoms with Gasteiger partial charge in [0.2, 0.25) is 0 Å². The van der Waals surface area contributed by atoms with Gasteiger partial charge >= 0.3 is 5.69 Å². The van der Waals surface area contributed by atoms with Gasteiger partial charge in [0.05, 0.1) is 47.8 Å². The summed E-state index contributed by atoms with van der Waals surface area (Å²) in [5.74, 6) is 0.642. The topological polar surface area (TPSA) is 98.8 Å². The zero-order chi connectivity index (χ0) is 21.5. The van der Waals surface area contributed by atoms with Gasteiger partial charge in [0.25, 0.3) is 0 Å². The Bertz CT molecular complexity index is 1430. The van der Waals surface area contributed by atoms with E-state index in [9.17, 15) is 4.79 Å². The molecule has 0 aliphatic heterocycles. The highest BCUT2D eigenvalue weighted by atomic mass is 16.5. The Labute approximate surface area is 177 Å². The van der Waals surface area contributed by atoms with Crippen molar-refractivity contribution in [2.45, 2.75) is 26.3 Å². The van der Waals surface area contributed by atoms with Crippen LogP contribution in [0.2, 0.25) is 0 Å². The summed E-state index contributed by atoms with van der Waals surface area (Å²) in [6.45, 7) is 4.06. The zero-order valence-corrected chi connectivity index (χ0v) is 17.4. The Morgan fingerprint density at radius 2 is 2.06 bits per heavy atom. The molecule has 1 atom stereocenters. The van der Waals surface area contributed by atoms with E-state index < -0.39 is 0 Å². The summed E-state index contributed by atoms with van der Waals surface area (Å²) in [7, 11) is 1.61. The third-order valence-electron chi connectivity index (χ3n) is 5.68. The number of benzene rings is 1. The minimum Gasteiger partial charge on any atom is -0.496 e. The molecule has 0 bridgehead atoms. The first-order valence-electron chi connectivity index (χ1n) is 10.1. The number of methoxy groups -OCH3 is 1. The molecule has 5 rings (SSSR count). The monoisotopic (exact) mass is 415 g/mol. The fraction of sp³-hybridized carbons (Fsp3) is 0.217. The second-order valence-electron chi connectivity index (χ2n) is 7.42. The molecule has 0 amide bonds. The minimum atomic E-state index is -0.262. The molecule has 4 aromatic heterocycles. The molecule has 0 aliphatic rings. The lowest BCUT2D eigenvalue weighted by Gasteiger charge is -2.15. The molecule has 1 aromatic carbocycles. The number of nitrogens with one attached hydrogen (secondary N) is 1. The van der Waals surface area contributed by atoms with Crippen LogP contribution in [-0.4, -0.2) is 31.8 Å². The largest absolute Gasteiger partial charge is 0.496 e. The molecule has 1 N–H and O–H groups in total. The molecular weight excluding hydrogens is 394 g/mol. The highest BCUT2D eigenvalue weighted by molar-refractivity contribution is 6.04. The lowest BCUT2D eigenvalue weighted by Crippen LogP contribution is -2.22. The Kier molecular flexibility index (Phi) is 4.54. The predicted molar refractivity (Wildman–Crippen MR) is 117 cm³/mol. The van der Waals surface area contributed by atoms with Gasteiger partial charge in [-0.25, -0.2) is 4.79 Å². The van der Waals surface area contributed by atoms with Crippen LogP contribution < -0.4 is 10.4 Å². The van der Waals surface area contributed by atoms with E-state index in [4.69, 9.17) is 9.26 Å². The van der Waals surface area contributed by atoms with E-state index in [-0.39, 0.29) is 11.7 Å². The average Bonchev–Trinajstić information content (AvgIpc) is 3.45. The zero-order valence-electron chi connectivity index (χ0n) is 17.4. The van der Waals surface area contributed by atoms with Crippen molar-refractivity contribution < 1.29 is 9.26 Å². The molecular formula is C23H21N5O3. The number of rotatable bonds is 5. The number of hydrogen-bond acceptors (Lipinski definition) is 6. The summed E-state index contributed by atoms with van der Waals surface area (Å²) in [5, 5.41) is 4.59. The number of nitrogens with zero attached hydrogens (tertiary/aromatic N) is 4. The second kappa shape index (κ2) is 7.39. The molecule has 0 fully saturated rings. The highest BCUT2D eigenvalue weighted by Gasteiger charge is 2.20. The maximum Gasteiger partial charge on any atom is 0.327 e. The number of aromatic amines is 1. The Morgan fingerprint density at radius 1 is 1.19 bits per heavy atom. The van der Waals surface area contributed by atoms with Crippen molar-refractivity contribution in [3.05, 3.63) is 70.9 Å². The second-order valence-corrected chi connectivity index (χ2v) is 7.42. The van der Waals surface area contributed by atoms with Gasteiger partial charge in [0.1, 0.15) is 12.0 Å². The Balaban J connectivity index is 1.75. The molecule has 31 heavy (non-hydrogen) atoms. The normalized spacial score (nSPS) is 12.5. The van der Waals surface area contributed by atoms with Crippen LogP contribution in [0.5, 0.6) is 5.75 Å². The Morgan fingerprint density at radius 3 is 2.74 bits per heavy atom. The molecule has 0 radical (unpaired) electrons. The van der Waals surface area contributed by atoms with Crippen molar-refractivity contribution in [1.29, 1.82) is 0 Å². The summed E-state index contributed by atoms with van der Waals surface area (Å²) in [4.78, 5) is 25.0. The molecule has 0 aliphatic carbocycles. The van der Waals surface area contributed by atoms with Crippen molar-refractivity contribution in [2.75, 3.05) is 7.11 Å². The van der Waals surface area contributed by atoms with Crippen LogP contribution >= 0.6 is 0 Å². The third-order valence-corrected chi connectivity index (χ3v) is 5.68. The molecule has 156 valence electrons. The number of pyridine rings is 2. The van der Waals surface area contributed by atoms with E-state index >= 15 is 0 Å². The molecule has 5 aromatic rings. The summed E-state index contributed by atoms with van der Waals surface area (Å²) in [6.07, 6.45) is 7.64.